The number of hydrogen-bond donors (Lipinski definition) is 1. The van der Waals surface area contributed by atoms with Gasteiger partial charge in [0, 0.05) is 25.5 Å². The standard InChI is InChI=1S/C21H23N5O4S/c1-15-12-16(6-7-18(15)29-2)31(27,28)26-10-11-30-19(14-26)17-4-3-5-20(24-17)25-21-13-22-8-9-23-21/h3-9,12-13,19H,10-11,14H2,1-2H3,(H,23,24,25)/t19-/m1/s1. The molecule has 2 aromatic heterocycles. The zero-order valence-corrected chi connectivity index (χ0v) is 18.0. The van der Waals surface area contributed by atoms with Gasteiger partial charge in [0.25, 0.3) is 0 Å². The van der Waals surface area contributed by atoms with Crippen LogP contribution >= 0.6 is 0 Å². The van der Waals surface area contributed by atoms with Crippen molar-refractivity contribution in [3.8, 4) is 5.75 Å². The van der Waals surface area contributed by atoms with Crippen LogP contribution in [-0.2, 0) is 14.8 Å². The number of rotatable bonds is 6. The van der Waals surface area contributed by atoms with Gasteiger partial charge in [-0.05, 0) is 42.8 Å². The molecule has 1 N–H and O–H groups in total. The van der Waals surface area contributed by atoms with Crippen LogP contribution in [0.1, 0.15) is 17.4 Å². The van der Waals surface area contributed by atoms with Crippen LogP contribution in [-0.4, -0.2) is 54.5 Å². The highest BCUT2D eigenvalue weighted by atomic mass is 32.2. The van der Waals surface area contributed by atoms with Gasteiger partial charge in [0.15, 0.2) is 0 Å². The lowest BCUT2D eigenvalue weighted by Gasteiger charge is -2.32. The maximum Gasteiger partial charge on any atom is 0.243 e. The third-order valence-electron chi connectivity index (χ3n) is 4.95. The van der Waals surface area contributed by atoms with E-state index >= 15 is 0 Å². The minimum absolute atomic E-state index is 0.176. The second-order valence-corrected chi connectivity index (χ2v) is 8.96. The molecule has 4 rings (SSSR count). The minimum atomic E-state index is -3.67. The van der Waals surface area contributed by atoms with Crippen molar-refractivity contribution in [1.82, 2.24) is 19.3 Å². The molecular formula is C21H23N5O4S. The summed E-state index contributed by atoms with van der Waals surface area (Å²) in [6.07, 6.45) is 4.28. The highest BCUT2D eigenvalue weighted by Gasteiger charge is 2.32. The summed E-state index contributed by atoms with van der Waals surface area (Å²) in [5.41, 5.74) is 1.40. The molecule has 1 atom stereocenters. The van der Waals surface area contributed by atoms with Gasteiger partial charge in [-0.25, -0.2) is 18.4 Å². The SMILES string of the molecule is COc1ccc(S(=O)(=O)N2CCO[C@@H](c3cccc(Nc4cnccn4)n3)C2)cc1C. The molecule has 31 heavy (non-hydrogen) atoms. The third kappa shape index (κ3) is 4.66. The lowest BCUT2D eigenvalue weighted by molar-refractivity contribution is -0.00486. The molecule has 0 aliphatic carbocycles. The van der Waals surface area contributed by atoms with Gasteiger partial charge in [0.1, 0.15) is 23.5 Å². The van der Waals surface area contributed by atoms with Crippen molar-refractivity contribution in [3.05, 3.63) is 66.2 Å². The number of pyridine rings is 1. The minimum Gasteiger partial charge on any atom is -0.496 e. The molecule has 3 aromatic rings. The molecule has 10 heteroatoms. The topological polar surface area (TPSA) is 107 Å². The van der Waals surface area contributed by atoms with Gasteiger partial charge in [0.05, 0.1) is 30.5 Å². The molecule has 0 saturated carbocycles. The van der Waals surface area contributed by atoms with Gasteiger partial charge in [-0.1, -0.05) is 6.07 Å². The van der Waals surface area contributed by atoms with Crippen LogP contribution < -0.4 is 10.1 Å². The second-order valence-electron chi connectivity index (χ2n) is 7.02. The first-order chi connectivity index (χ1) is 15.0. The highest BCUT2D eigenvalue weighted by Crippen LogP contribution is 2.28. The van der Waals surface area contributed by atoms with Gasteiger partial charge in [-0.2, -0.15) is 4.31 Å². The lowest BCUT2D eigenvalue weighted by atomic mass is 10.2. The van der Waals surface area contributed by atoms with Gasteiger partial charge in [-0.15, -0.1) is 0 Å². The number of aryl methyl sites for hydroxylation is 1. The maximum atomic E-state index is 13.2. The van der Waals surface area contributed by atoms with E-state index < -0.39 is 16.1 Å². The van der Waals surface area contributed by atoms with Crippen molar-refractivity contribution in [2.45, 2.75) is 17.9 Å². The molecule has 0 radical (unpaired) electrons. The Kier molecular flexibility index (Phi) is 6.12. The average Bonchev–Trinajstić information content (AvgIpc) is 2.80. The largest absolute Gasteiger partial charge is 0.496 e. The van der Waals surface area contributed by atoms with Gasteiger partial charge >= 0.3 is 0 Å². The predicted octanol–water partition coefficient (Wildman–Crippen LogP) is 2.69. The summed E-state index contributed by atoms with van der Waals surface area (Å²) < 4.78 is 38.9. The Morgan fingerprint density at radius 2 is 2.06 bits per heavy atom. The van der Waals surface area contributed by atoms with Gasteiger partial charge in [-0.3, -0.25) is 4.98 Å². The van der Waals surface area contributed by atoms with E-state index in [-0.39, 0.29) is 24.6 Å². The van der Waals surface area contributed by atoms with Crippen molar-refractivity contribution in [3.63, 3.8) is 0 Å². The second kappa shape index (κ2) is 8.96. The number of methoxy groups -OCH3 is 1. The number of benzene rings is 1. The number of anilines is 2. The number of nitrogens with zero attached hydrogens (tertiary/aromatic N) is 4. The monoisotopic (exact) mass is 441 g/mol. The van der Waals surface area contributed by atoms with E-state index in [0.29, 0.717) is 23.1 Å². The summed E-state index contributed by atoms with van der Waals surface area (Å²) in [5, 5.41) is 3.08. The highest BCUT2D eigenvalue weighted by molar-refractivity contribution is 7.89. The lowest BCUT2D eigenvalue weighted by Crippen LogP contribution is -2.42. The molecule has 1 aliphatic rings. The van der Waals surface area contributed by atoms with Crippen LogP contribution in [0.2, 0.25) is 0 Å². The smallest absolute Gasteiger partial charge is 0.243 e. The summed E-state index contributed by atoms with van der Waals surface area (Å²) in [6, 6.07) is 10.3. The Labute approximate surface area is 181 Å². The molecular weight excluding hydrogens is 418 g/mol. The molecule has 0 amide bonds. The number of morpholine rings is 1. The van der Waals surface area contributed by atoms with Gasteiger partial charge in [0.2, 0.25) is 10.0 Å². The van der Waals surface area contributed by atoms with Crippen LogP contribution in [0.5, 0.6) is 5.75 Å². The van der Waals surface area contributed by atoms with Crippen LogP contribution in [0, 0.1) is 6.92 Å². The molecule has 1 aliphatic heterocycles. The fraction of sp³-hybridized carbons (Fsp3) is 0.286. The number of nitrogens with one attached hydrogen (secondary N) is 1. The summed E-state index contributed by atoms with van der Waals surface area (Å²) in [6.45, 7) is 2.55. The molecule has 1 saturated heterocycles. The van der Waals surface area contributed by atoms with Crippen LogP contribution in [0.4, 0.5) is 11.6 Å². The Bertz CT molecular complexity index is 1160. The van der Waals surface area contributed by atoms with E-state index in [2.05, 4.69) is 20.3 Å². The van der Waals surface area contributed by atoms with Crippen LogP contribution in [0.3, 0.4) is 0 Å². The van der Waals surface area contributed by atoms with Crippen molar-refractivity contribution in [2.24, 2.45) is 0 Å². The molecule has 3 heterocycles. The first-order valence-electron chi connectivity index (χ1n) is 9.74. The molecule has 0 unspecified atom stereocenters. The maximum absolute atomic E-state index is 13.2. The van der Waals surface area contributed by atoms with Crippen LogP contribution in [0.15, 0.2) is 59.9 Å². The summed E-state index contributed by atoms with van der Waals surface area (Å²) in [5.74, 6) is 1.79. The van der Waals surface area contributed by atoms with Gasteiger partial charge < -0.3 is 14.8 Å². The Morgan fingerprint density at radius 1 is 1.19 bits per heavy atom. The Balaban J connectivity index is 1.53. The van der Waals surface area contributed by atoms with Crippen molar-refractivity contribution in [1.29, 1.82) is 0 Å². The Hall–Kier alpha value is -3.08. The van der Waals surface area contributed by atoms with E-state index in [1.54, 1.807) is 50.0 Å². The zero-order chi connectivity index (χ0) is 21.8. The first-order valence-corrected chi connectivity index (χ1v) is 11.2. The molecule has 0 spiro atoms. The predicted molar refractivity (Wildman–Crippen MR) is 115 cm³/mol. The third-order valence-corrected chi connectivity index (χ3v) is 6.81. The summed E-state index contributed by atoms with van der Waals surface area (Å²) in [7, 11) is -2.11. The quantitative estimate of drug-likeness (QED) is 0.622. The molecule has 0 bridgehead atoms. The van der Waals surface area contributed by atoms with E-state index in [1.165, 1.54) is 4.31 Å². The van der Waals surface area contributed by atoms with Crippen molar-refractivity contribution in [2.75, 3.05) is 32.1 Å². The van der Waals surface area contributed by atoms with E-state index in [1.807, 2.05) is 19.1 Å². The van der Waals surface area contributed by atoms with E-state index in [4.69, 9.17) is 9.47 Å². The fourth-order valence-corrected chi connectivity index (χ4v) is 4.89. The van der Waals surface area contributed by atoms with E-state index in [0.717, 1.165) is 5.56 Å². The zero-order valence-electron chi connectivity index (χ0n) is 17.2. The number of sulfonamides is 1. The Morgan fingerprint density at radius 3 is 2.81 bits per heavy atom. The normalized spacial score (nSPS) is 17.3. The van der Waals surface area contributed by atoms with Crippen LogP contribution in [0.25, 0.3) is 0 Å². The average molecular weight is 442 g/mol. The molecule has 9 nitrogen and oxygen atoms in total. The summed E-state index contributed by atoms with van der Waals surface area (Å²) >= 11 is 0. The molecule has 1 aromatic carbocycles. The van der Waals surface area contributed by atoms with Crippen molar-refractivity contribution < 1.29 is 17.9 Å². The first kappa shape index (κ1) is 21.2. The fourth-order valence-electron chi connectivity index (χ4n) is 3.38. The molecule has 1 fully saturated rings. The molecule has 162 valence electrons. The number of hydrogen-bond acceptors (Lipinski definition) is 8. The van der Waals surface area contributed by atoms with E-state index in [9.17, 15) is 8.42 Å². The van der Waals surface area contributed by atoms with Crippen molar-refractivity contribution >= 4 is 21.7 Å². The summed E-state index contributed by atoms with van der Waals surface area (Å²) in [4.78, 5) is 13.0. The number of aromatic nitrogens is 3. The number of ether oxygens (including phenoxy) is 2.